The summed E-state index contributed by atoms with van der Waals surface area (Å²) in [7, 11) is -4.49. The number of hydrogen-bond acceptors (Lipinski definition) is 11. The average Bonchev–Trinajstić information content (AvgIpc) is 3.77. The van der Waals surface area contributed by atoms with Crippen molar-refractivity contribution in [2.75, 3.05) is 49.5 Å². The number of sulfonamides is 1. The fourth-order valence-electron chi connectivity index (χ4n) is 5.38. The van der Waals surface area contributed by atoms with Crippen LogP contribution in [0.3, 0.4) is 0 Å². The highest BCUT2D eigenvalue weighted by Gasteiger charge is 2.26. The van der Waals surface area contributed by atoms with Crippen LogP contribution in [0, 0.1) is 10.1 Å². The molecule has 0 aliphatic carbocycles. The number of nitrogens with zero attached hydrogens (tertiary/aromatic N) is 4. The maximum atomic E-state index is 13.6. The molecule has 2 aromatic carbocycles. The number of thiophene rings is 1. The van der Waals surface area contributed by atoms with Gasteiger partial charge in [-0.05, 0) is 60.8 Å². The molecule has 1 aliphatic heterocycles. The second-order valence-corrected chi connectivity index (χ2v) is 13.6. The van der Waals surface area contributed by atoms with Gasteiger partial charge in [-0.25, -0.2) is 18.1 Å². The lowest BCUT2D eigenvalue weighted by atomic mass is 10.1. The van der Waals surface area contributed by atoms with Gasteiger partial charge in [0.25, 0.3) is 21.6 Å². The number of carbonyl (C=O) groups is 1. The zero-order chi connectivity index (χ0) is 33.7. The van der Waals surface area contributed by atoms with Crippen molar-refractivity contribution < 1.29 is 22.9 Å². The van der Waals surface area contributed by atoms with Crippen LogP contribution in [0.4, 0.5) is 17.1 Å². The molecule has 0 spiro atoms. The number of anilines is 2. The van der Waals surface area contributed by atoms with E-state index in [0.29, 0.717) is 17.9 Å². The molecular weight excluding hydrogens is 655 g/mol. The Balaban J connectivity index is 1.23. The van der Waals surface area contributed by atoms with E-state index >= 15 is 0 Å². The number of aromatic amines is 1. The SMILES string of the molecule is CCNc1ccc(S(=O)(=O)NC(=O)c2ccc(N3CCN(C/C=C\c4cccs4)CC3)cc2Oc2cnc3[nH]ccc3c2)cc1[N+](=O)[O-]. The van der Waals surface area contributed by atoms with Crippen molar-refractivity contribution in [3.05, 3.63) is 105 Å². The van der Waals surface area contributed by atoms with E-state index in [0.717, 1.165) is 49.9 Å². The molecule has 0 bridgehead atoms. The summed E-state index contributed by atoms with van der Waals surface area (Å²) in [6.07, 6.45) is 7.55. The van der Waals surface area contributed by atoms with Gasteiger partial charge in [-0.15, -0.1) is 11.3 Å². The lowest BCUT2D eigenvalue weighted by Crippen LogP contribution is -2.46. The van der Waals surface area contributed by atoms with Crippen LogP contribution in [0.1, 0.15) is 22.2 Å². The van der Waals surface area contributed by atoms with E-state index in [4.69, 9.17) is 4.74 Å². The summed E-state index contributed by atoms with van der Waals surface area (Å²) < 4.78 is 34.8. The highest BCUT2D eigenvalue weighted by molar-refractivity contribution is 7.90. The van der Waals surface area contributed by atoms with Gasteiger partial charge in [0.05, 0.1) is 21.6 Å². The zero-order valence-corrected chi connectivity index (χ0v) is 27.6. The largest absolute Gasteiger partial charge is 0.455 e. The Morgan fingerprint density at radius 1 is 1.12 bits per heavy atom. The Morgan fingerprint density at radius 2 is 1.96 bits per heavy atom. The van der Waals surface area contributed by atoms with Gasteiger partial charge in [-0.1, -0.05) is 12.1 Å². The minimum Gasteiger partial charge on any atom is -0.455 e. The van der Waals surface area contributed by atoms with Crippen molar-refractivity contribution in [3.8, 4) is 11.5 Å². The predicted molar refractivity (Wildman–Crippen MR) is 187 cm³/mol. The zero-order valence-electron chi connectivity index (χ0n) is 26.0. The Kier molecular flexibility index (Phi) is 9.70. The van der Waals surface area contributed by atoms with Crippen LogP contribution in [0.5, 0.6) is 11.5 Å². The highest BCUT2D eigenvalue weighted by atomic mass is 32.2. The second-order valence-electron chi connectivity index (χ2n) is 11.0. The summed E-state index contributed by atoms with van der Waals surface area (Å²) in [5.41, 5.74) is 1.18. The second kappa shape index (κ2) is 14.3. The Morgan fingerprint density at radius 3 is 2.71 bits per heavy atom. The minimum absolute atomic E-state index is 0.0346. The van der Waals surface area contributed by atoms with Crippen LogP contribution in [0.25, 0.3) is 17.1 Å². The molecule has 3 N–H and O–H groups in total. The first-order valence-electron chi connectivity index (χ1n) is 15.2. The first-order valence-corrected chi connectivity index (χ1v) is 17.6. The molecule has 0 unspecified atom stereocenters. The average molecular weight is 688 g/mol. The summed E-state index contributed by atoms with van der Waals surface area (Å²) in [5, 5.41) is 17.3. The van der Waals surface area contributed by atoms with Crippen LogP contribution in [-0.2, 0) is 10.0 Å². The molecule has 1 saturated heterocycles. The molecule has 248 valence electrons. The fourth-order valence-corrected chi connectivity index (χ4v) is 7.01. The van der Waals surface area contributed by atoms with Crippen LogP contribution < -0.4 is 19.7 Å². The third-order valence-corrected chi connectivity index (χ3v) is 9.98. The van der Waals surface area contributed by atoms with E-state index in [2.05, 4.69) is 53.4 Å². The number of amides is 1. The number of ether oxygens (including phenoxy) is 1. The summed E-state index contributed by atoms with van der Waals surface area (Å²) >= 11 is 1.70. The Labute approximate surface area is 281 Å². The van der Waals surface area contributed by atoms with Crippen molar-refractivity contribution in [1.29, 1.82) is 0 Å². The molecule has 3 aromatic heterocycles. The maximum Gasteiger partial charge on any atom is 0.293 e. The number of fused-ring (bicyclic) bond motifs is 1. The molecule has 4 heterocycles. The summed E-state index contributed by atoms with van der Waals surface area (Å²) in [5.74, 6) is -0.465. The molecule has 15 heteroatoms. The quantitative estimate of drug-likeness (QED) is 0.109. The minimum atomic E-state index is -4.49. The summed E-state index contributed by atoms with van der Waals surface area (Å²) in [4.78, 5) is 37.2. The lowest BCUT2D eigenvalue weighted by Gasteiger charge is -2.35. The summed E-state index contributed by atoms with van der Waals surface area (Å²) in [6, 6.07) is 16.1. The lowest BCUT2D eigenvalue weighted by molar-refractivity contribution is -0.384. The van der Waals surface area contributed by atoms with Crippen LogP contribution in [-0.4, -0.2) is 73.4 Å². The van der Waals surface area contributed by atoms with Gasteiger partial charge in [-0.3, -0.25) is 19.8 Å². The number of nitrogens with one attached hydrogen (secondary N) is 3. The molecular formula is C33H33N7O6S2. The molecule has 48 heavy (non-hydrogen) atoms. The normalized spacial score (nSPS) is 14.0. The smallest absolute Gasteiger partial charge is 0.293 e. The molecule has 1 fully saturated rings. The summed E-state index contributed by atoms with van der Waals surface area (Å²) in [6.45, 7) is 6.14. The number of aromatic nitrogens is 2. The molecule has 1 aliphatic rings. The number of hydrogen-bond donors (Lipinski definition) is 3. The van der Waals surface area contributed by atoms with Gasteiger partial charge in [-0.2, -0.15) is 0 Å². The van der Waals surface area contributed by atoms with Crippen LogP contribution in [0.2, 0.25) is 0 Å². The van der Waals surface area contributed by atoms with Gasteiger partial charge < -0.3 is 19.9 Å². The van der Waals surface area contributed by atoms with E-state index in [1.165, 1.54) is 29.3 Å². The van der Waals surface area contributed by atoms with Crippen molar-refractivity contribution in [1.82, 2.24) is 19.6 Å². The van der Waals surface area contributed by atoms with Crippen LogP contribution in [0.15, 0.2) is 89.4 Å². The molecule has 0 radical (unpaired) electrons. The van der Waals surface area contributed by atoms with Gasteiger partial charge in [0.2, 0.25) is 0 Å². The monoisotopic (exact) mass is 687 g/mol. The van der Waals surface area contributed by atoms with Crippen molar-refractivity contribution in [2.24, 2.45) is 0 Å². The maximum absolute atomic E-state index is 13.6. The number of nitro benzene ring substituents is 1. The number of nitro groups is 1. The molecule has 6 rings (SSSR count). The first kappa shape index (κ1) is 32.7. The number of H-pyrrole nitrogens is 1. The van der Waals surface area contributed by atoms with Crippen molar-refractivity contribution in [2.45, 2.75) is 11.8 Å². The predicted octanol–water partition coefficient (Wildman–Crippen LogP) is 5.71. The molecule has 0 atom stereocenters. The third-order valence-electron chi connectivity index (χ3n) is 7.81. The van der Waals surface area contributed by atoms with Gasteiger partial charge >= 0.3 is 0 Å². The van der Waals surface area contributed by atoms with E-state index in [9.17, 15) is 23.3 Å². The Bertz CT molecular complexity index is 2070. The number of carbonyl (C=O) groups excluding carboxylic acids is 1. The molecule has 13 nitrogen and oxygen atoms in total. The van der Waals surface area contributed by atoms with E-state index in [1.807, 2.05) is 12.1 Å². The van der Waals surface area contributed by atoms with Crippen LogP contribution >= 0.6 is 11.3 Å². The highest BCUT2D eigenvalue weighted by Crippen LogP contribution is 2.33. The van der Waals surface area contributed by atoms with Crippen molar-refractivity contribution in [3.63, 3.8) is 0 Å². The van der Waals surface area contributed by atoms with E-state index in [-0.39, 0.29) is 17.0 Å². The Hall–Kier alpha value is -5.25. The molecule has 5 aromatic rings. The van der Waals surface area contributed by atoms with Crippen molar-refractivity contribution >= 4 is 61.4 Å². The fraction of sp³-hybridized carbons (Fsp3) is 0.212. The standard InChI is InChI=1S/C33H33N7O6S2/c1-2-34-29-10-8-27(21-30(29)40(42)43)48(44,45)37-33(41)28-9-7-24(20-31(28)46-25-19-23-11-12-35-32(23)36-22-25)39-16-14-38(15-17-39)13-3-5-26-6-4-18-47-26/h3-12,18-22,34H,2,13-17H2,1H3,(H,35,36)(H,37,41)/b5-3-. The number of rotatable bonds is 12. The van der Waals surface area contributed by atoms with E-state index < -0.39 is 31.4 Å². The number of benzene rings is 2. The number of piperazine rings is 1. The third kappa shape index (κ3) is 7.48. The van der Waals surface area contributed by atoms with Gasteiger partial charge in [0.15, 0.2) is 0 Å². The first-order chi connectivity index (χ1) is 23.2. The van der Waals surface area contributed by atoms with E-state index in [1.54, 1.807) is 42.7 Å². The van der Waals surface area contributed by atoms with Gasteiger partial charge in [0.1, 0.15) is 22.8 Å². The molecule has 0 saturated carbocycles. The topological polar surface area (TPSA) is 163 Å². The van der Waals surface area contributed by atoms with Gasteiger partial charge in [0, 0.05) is 73.5 Å². The molecule has 1 amide bonds. The number of pyridine rings is 1.